The number of nitrogens with zero attached hydrogens (tertiary/aromatic N) is 1. The Morgan fingerprint density at radius 3 is 2.80 bits per heavy atom. The molecule has 1 fully saturated rings. The zero-order valence-electron chi connectivity index (χ0n) is 8.99. The maximum atomic E-state index is 11.4. The molecule has 80 valence electrons. The number of nitrogens with one attached hydrogen (secondary N) is 1. The van der Waals surface area contributed by atoms with E-state index in [9.17, 15) is 4.79 Å². The van der Waals surface area contributed by atoms with Crippen LogP contribution in [0.2, 0.25) is 0 Å². The third-order valence-electron chi connectivity index (χ3n) is 3.00. The maximum Gasteiger partial charge on any atom is 0.269 e. The predicted octanol–water partition coefficient (Wildman–Crippen LogP) is 2.10. The Balaban J connectivity index is 2.21. The Kier molecular flexibility index (Phi) is 2.99. The summed E-state index contributed by atoms with van der Waals surface area (Å²) in [6.07, 6.45) is 5.00. The molecule has 1 aromatic rings. The lowest BCUT2D eigenvalue weighted by Gasteiger charge is -2.09. The van der Waals surface area contributed by atoms with Crippen LogP contribution in [0.1, 0.15) is 47.8 Å². The van der Waals surface area contributed by atoms with Gasteiger partial charge in [0, 0.05) is 18.7 Å². The predicted molar refractivity (Wildman–Crippen MR) is 58.8 cm³/mol. The van der Waals surface area contributed by atoms with Crippen molar-refractivity contribution in [1.82, 2.24) is 10.3 Å². The van der Waals surface area contributed by atoms with E-state index in [2.05, 4.69) is 10.3 Å². The lowest BCUT2D eigenvalue weighted by Crippen LogP contribution is -2.19. The van der Waals surface area contributed by atoms with Crippen molar-refractivity contribution in [3.63, 3.8) is 0 Å². The summed E-state index contributed by atoms with van der Waals surface area (Å²) in [6.45, 7) is 0. The first-order valence-corrected chi connectivity index (χ1v) is 5.50. The first kappa shape index (κ1) is 10.1. The average molecular weight is 204 g/mol. The van der Waals surface area contributed by atoms with E-state index >= 15 is 0 Å². The number of carbonyl (C=O) groups is 1. The lowest BCUT2D eigenvalue weighted by atomic mass is 10.0. The molecule has 0 bridgehead atoms. The highest BCUT2D eigenvalue weighted by molar-refractivity contribution is 5.91. The van der Waals surface area contributed by atoms with Crippen LogP contribution < -0.4 is 5.32 Å². The van der Waals surface area contributed by atoms with Crippen LogP contribution in [0, 0.1) is 0 Å². The highest BCUT2D eigenvalue weighted by Crippen LogP contribution is 2.32. The second kappa shape index (κ2) is 4.43. The molecule has 0 unspecified atom stereocenters. The summed E-state index contributed by atoms with van der Waals surface area (Å²) in [7, 11) is 1.63. The SMILES string of the molecule is CNC(=O)c1cccc(C2CCCC2)n1. The molecule has 1 amide bonds. The first-order valence-electron chi connectivity index (χ1n) is 5.50. The minimum Gasteiger partial charge on any atom is -0.354 e. The second-order valence-electron chi connectivity index (χ2n) is 4.01. The summed E-state index contributed by atoms with van der Waals surface area (Å²) in [5, 5.41) is 2.60. The van der Waals surface area contributed by atoms with Gasteiger partial charge in [0.2, 0.25) is 0 Å². The van der Waals surface area contributed by atoms with Crippen LogP contribution in [-0.2, 0) is 0 Å². The Labute approximate surface area is 89.9 Å². The smallest absolute Gasteiger partial charge is 0.269 e. The Bertz CT molecular complexity index is 356. The molecule has 0 atom stereocenters. The fourth-order valence-electron chi connectivity index (χ4n) is 2.15. The zero-order chi connectivity index (χ0) is 10.7. The number of hydrogen-bond donors (Lipinski definition) is 1. The molecule has 0 radical (unpaired) electrons. The molecule has 0 spiro atoms. The fraction of sp³-hybridized carbons (Fsp3) is 0.500. The van der Waals surface area contributed by atoms with Crippen molar-refractivity contribution in [2.24, 2.45) is 0 Å². The van der Waals surface area contributed by atoms with E-state index in [1.807, 2.05) is 12.1 Å². The Hall–Kier alpha value is -1.38. The Morgan fingerprint density at radius 1 is 1.40 bits per heavy atom. The highest BCUT2D eigenvalue weighted by Gasteiger charge is 2.19. The lowest BCUT2D eigenvalue weighted by molar-refractivity contribution is 0.0958. The number of hydrogen-bond acceptors (Lipinski definition) is 2. The summed E-state index contributed by atoms with van der Waals surface area (Å²) >= 11 is 0. The van der Waals surface area contributed by atoms with Crippen molar-refractivity contribution in [2.75, 3.05) is 7.05 Å². The number of amides is 1. The molecule has 3 heteroatoms. The van der Waals surface area contributed by atoms with Crippen molar-refractivity contribution in [1.29, 1.82) is 0 Å². The van der Waals surface area contributed by atoms with E-state index in [0.717, 1.165) is 5.69 Å². The van der Waals surface area contributed by atoms with Crippen molar-refractivity contribution >= 4 is 5.91 Å². The fourth-order valence-corrected chi connectivity index (χ4v) is 2.15. The number of rotatable bonds is 2. The minimum absolute atomic E-state index is 0.102. The van der Waals surface area contributed by atoms with Gasteiger partial charge in [-0.2, -0.15) is 0 Å². The van der Waals surface area contributed by atoms with Crippen molar-refractivity contribution in [3.05, 3.63) is 29.6 Å². The second-order valence-corrected chi connectivity index (χ2v) is 4.01. The number of pyridine rings is 1. The van der Waals surface area contributed by atoms with Crippen molar-refractivity contribution in [3.8, 4) is 0 Å². The van der Waals surface area contributed by atoms with E-state index in [1.54, 1.807) is 13.1 Å². The molecule has 0 aliphatic heterocycles. The van der Waals surface area contributed by atoms with Gasteiger partial charge in [-0.1, -0.05) is 18.9 Å². The molecule has 1 aromatic heterocycles. The van der Waals surface area contributed by atoms with E-state index in [1.165, 1.54) is 25.7 Å². The van der Waals surface area contributed by atoms with Crippen LogP contribution in [0.4, 0.5) is 0 Å². The van der Waals surface area contributed by atoms with Gasteiger partial charge >= 0.3 is 0 Å². The third kappa shape index (κ3) is 2.17. The molecule has 3 nitrogen and oxygen atoms in total. The molecule has 1 aliphatic carbocycles. The molecule has 0 aromatic carbocycles. The molecule has 0 saturated heterocycles. The van der Waals surface area contributed by atoms with Gasteiger partial charge in [-0.15, -0.1) is 0 Å². The van der Waals surface area contributed by atoms with Gasteiger partial charge in [-0.05, 0) is 25.0 Å². The van der Waals surface area contributed by atoms with E-state index < -0.39 is 0 Å². The van der Waals surface area contributed by atoms with Gasteiger partial charge in [-0.25, -0.2) is 4.98 Å². The van der Waals surface area contributed by atoms with Gasteiger partial charge in [0.05, 0.1) is 0 Å². The third-order valence-corrected chi connectivity index (χ3v) is 3.00. The normalized spacial score (nSPS) is 16.6. The molecular formula is C12H16N2O. The molecular weight excluding hydrogens is 188 g/mol. The van der Waals surface area contributed by atoms with E-state index in [4.69, 9.17) is 0 Å². The number of carbonyl (C=O) groups excluding carboxylic acids is 1. The molecule has 1 aliphatic rings. The van der Waals surface area contributed by atoms with Gasteiger partial charge in [0.15, 0.2) is 0 Å². The van der Waals surface area contributed by atoms with Gasteiger partial charge in [-0.3, -0.25) is 4.79 Å². The number of aromatic nitrogens is 1. The van der Waals surface area contributed by atoms with Gasteiger partial charge in [0.1, 0.15) is 5.69 Å². The van der Waals surface area contributed by atoms with E-state index in [0.29, 0.717) is 11.6 Å². The zero-order valence-corrected chi connectivity index (χ0v) is 8.99. The quantitative estimate of drug-likeness (QED) is 0.801. The largest absolute Gasteiger partial charge is 0.354 e. The summed E-state index contributed by atoms with van der Waals surface area (Å²) < 4.78 is 0. The summed E-state index contributed by atoms with van der Waals surface area (Å²) in [5.74, 6) is 0.462. The molecule has 15 heavy (non-hydrogen) atoms. The summed E-state index contributed by atoms with van der Waals surface area (Å²) in [4.78, 5) is 15.8. The van der Waals surface area contributed by atoms with Crippen LogP contribution in [0.15, 0.2) is 18.2 Å². The standard InChI is InChI=1S/C12H16N2O/c1-13-12(15)11-8-4-7-10(14-11)9-5-2-3-6-9/h4,7-9H,2-3,5-6H2,1H3,(H,13,15). The van der Waals surface area contributed by atoms with Crippen LogP contribution in [-0.4, -0.2) is 17.9 Å². The summed E-state index contributed by atoms with van der Waals surface area (Å²) in [5.41, 5.74) is 1.61. The van der Waals surface area contributed by atoms with Gasteiger partial charge < -0.3 is 5.32 Å². The van der Waals surface area contributed by atoms with E-state index in [-0.39, 0.29) is 5.91 Å². The van der Waals surface area contributed by atoms with Crippen LogP contribution >= 0.6 is 0 Å². The van der Waals surface area contributed by atoms with Crippen molar-refractivity contribution < 1.29 is 4.79 Å². The topological polar surface area (TPSA) is 42.0 Å². The monoisotopic (exact) mass is 204 g/mol. The molecule has 2 rings (SSSR count). The van der Waals surface area contributed by atoms with Crippen LogP contribution in [0.5, 0.6) is 0 Å². The molecule has 1 heterocycles. The average Bonchev–Trinajstić information content (AvgIpc) is 2.82. The molecule has 1 saturated carbocycles. The van der Waals surface area contributed by atoms with Crippen LogP contribution in [0.25, 0.3) is 0 Å². The van der Waals surface area contributed by atoms with Gasteiger partial charge in [0.25, 0.3) is 5.91 Å². The molecule has 1 N–H and O–H groups in total. The minimum atomic E-state index is -0.102. The maximum absolute atomic E-state index is 11.4. The Morgan fingerprint density at radius 2 is 2.13 bits per heavy atom. The first-order chi connectivity index (χ1) is 7.31. The highest BCUT2D eigenvalue weighted by atomic mass is 16.1. The van der Waals surface area contributed by atoms with Crippen LogP contribution in [0.3, 0.4) is 0 Å². The summed E-state index contributed by atoms with van der Waals surface area (Å²) in [6, 6.07) is 5.71. The van der Waals surface area contributed by atoms with Crippen molar-refractivity contribution in [2.45, 2.75) is 31.6 Å².